The molecule has 0 aliphatic carbocycles. The number of benzene rings is 1. The summed E-state index contributed by atoms with van der Waals surface area (Å²) in [6.07, 6.45) is -0.614. The van der Waals surface area contributed by atoms with Crippen molar-refractivity contribution >= 4 is 10.9 Å². The maximum atomic E-state index is 13.8. The van der Waals surface area contributed by atoms with Crippen molar-refractivity contribution in [3.8, 4) is 17.0 Å². The summed E-state index contributed by atoms with van der Waals surface area (Å²) in [6, 6.07) is 7.93. The highest BCUT2D eigenvalue weighted by atomic mass is 19.2. The lowest BCUT2D eigenvalue weighted by Gasteiger charge is -2.33. The first-order valence-corrected chi connectivity index (χ1v) is 12.2. The number of hydrogen-bond donors (Lipinski definition) is 1. The summed E-state index contributed by atoms with van der Waals surface area (Å²) in [5.74, 6) is 1.01. The smallest absolute Gasteiger partial charge is 0.253 e. The van der Waals surface area contributed by atoms with Crippen LogP contribution >= 0.6 is 0 Å². The summed E-state index contributed by atoms with van der Waals surface area (Å²) in [5.41, 5.74) is 4.82. The number of halogens is 3. The highest BCUT2D eigenvalue weighted by Crippen LogP contribution is 2.37. The van der Waals surface area contributed by atoms with Gasteiger partial charge in [0, 0.05) is 54.9 Å². The van der Waals surface area contributed by atoms with Gasteiger partial charge in [-0.1, -0.05) is 13.8 Å². The van der Waals surface area contributed by atoms with Gasteiger partial charge in [-0.15, -0.1) is 0 Å². The average Bonchev–Trinajstić information content (AvgIpc) is 3.22. The third kappa shape index (κ3) is 5.42. The molecule has 1 aliphatic heterocycles. The second-order valence-corrected chi connectivity index (χ2v) is 9.91. The Hall–Kier alpha value is -2.74. The summed E-state index contributed by atoms with van der Waals surface area (Å²) in [5, 5.41) is 1.08. The van der Waals surface area contributed by atoms with Crippen LogP contribution in [0.25, 0.3) is 22.2 Å². The number of aromatic amines is 1. The number of ether oxygens (including phenoxy) is 1. The molecule has 190 valence electrons. The highest BCUT2D eigenvalue weighted by molar-refractivity contribution is 5.92. The van der Waals surface area contributed by atoms with Crippen LogP contribution in [0.3, 0.4) is 0 Å². The molecule has 1 fully saturated rings. The number of aryl methyl sites for hydroxylation is 2. The molecule has 1 saturated heterocycles. The van der Waals surface area contributed by atoms with Crippen LogP contribution in [-0.4, -0.2) is 59.2 Å². The maximum Gasteiger partial charge on any atom is 0.253 e. The molecular weight excluding hydrogens is 455 g/mol. The zero-order valence-electron chi connectivity index (χ0n) is 20.8. The number of hydrogen-bond acceptors (Lipinski definition) is 3. The van der Waals surface area contributed by atoms with E-state index in [1.165, 1.54) is 5.56 Å². The van der Waals surface area contributed by atoms with E-state index in [-0.39, 0.29) is 24.1 Å². The SMILES string of the molecule is Cc1cc(-c2[nH]c3ccc(OC4CCN(CC(F)C(F)CF)CC4)cc3c2C(C)C)cn(C)c1=O. The van der Waals surface area contributed by atoms with Crippen molar-refractivity contribution in [3.05, 3.63) is 51.9 Å². The van der Waals surface area contributed by atoms with Gasteiger partial charge in [-0.3, -0.25) is 4.79 Å². The molecule has 2 atom stereocenters. The van der Waals surface area contributed by atoms with E-state index < -0.39 is 19.0 Å². The van der Waals surface area contributed by atoms with Gasteiger partial charge in [-0.25, -0.2) is 13.2 Å². The predicted octanol–water partition coefficient (Wildman–Crippen LogP) is 5.45. The third-order valence-corrected chi connectivity index (χ3v) is 6.85. The van der Waals surface area contributed by atoms with Gasteiger partial charge >= 0.3 is 0 Å². The number of rotatable bonds is 8. The Balaban J connectivity index is 1.52. The fourth-order valence-electron chi connectivity index (χ4n) is 4.97. The number of H-pyrrole nitrogens is 1. The fourth-order valence-corrected chi connectivity index (χ4v) is 4.97. The number of nitrogens with zero attached hydrogens (tertiary/aromatic N) is 2. The molecule has 35 heavy (non-hydrogen) atoms. The Morgan fingerprint density at radius 3 is 2.49 bits per heavy atom. The molecule has 8 heteroatoms. The average molecular weight is 490 g/mol. The van der Waals surface area contributed by atoms with E-state index in [0.29, 0.717) is 31.5 Å². The van der Waals surface area contributed by atoms with Crippen LogP contribution in [-0.2, 0) is 7.05 Å². The van der Waals surface area contributed by atoms with Gasteiger partial charge in [0.2, 0.25) is 0 Å². The second-order valence-electron chi connectivity index (χ2n) is 9.91. The Morgan fingerprint density at radius 1 is 1.14 bits per heavy atom. The predicted molar refractivity (Wildman–Crippen MR) is 134 cm³/mol. The van der Waals surface area contributed by atoms with Crippen molar-refractivity contribution in [1.29, 1.82) is 0 Å². The second kappa shape index (κ2) is 10.5. The minimum atomic E-state index is -2.05. The number of piperidine rings is 1. The fraction of sp³-hybridized carbons (Fsp3) is 0.519. The molecule has 0 saturated carbocycles. The van der Waals surface area contributed by atoms with Crippen molar-refractivity contribution in [2.45, 2.75) is 58.0 Å². The van der Waals surface area contributed by atoms with Crippen molar-refractivity contribution < 1.29 is 17.9 Å². The summed E-state index contributed by atoms with van der Waals surface area (Å²) < 4.78 is 47.2. The van der Waals surface area contributed by atoms with Gasteiger partial charge in [0.25, 0.3) is 5.56 Å². The van der Waals surface area contributed by atoms with E-state index in [4.69, 9.17) is 4.74 Å². The summed E-state index contributed by atoms with van der Waals surface area (Å²) in [7, 11) is 1.76. The number of alkyl halides is 3. The molecule has 0 amide bonds. The molecular formula is C27H34F3N3O2. The Kier molecular flexibility index (Phi) is 7.59. The summed E-state index contributed by atoms with van der Waals surface area (Å²) >= 11 is 0. The molecule has 0 bridgehead atoms. The van der Waals surface area contributed by atoms with Crippen LogP contribution in [0.2, 0.25) is 0 Å². The molecule has 3 aromatic rings. The molecule has 3 heterocycles. The van der Waals surface area contributed by atoms with E-state index in [1.807, 2.05) is 36.2 Å². The molecule has 4 rings (SSSR count). The molecule has 5 nitrogen and oxygen atoms in total. The number of pyridine rings is 1. The topological polar surface area (TPSA) is 50.3 Å². The van der Waals surface area contributed by atoms with E-state index in [1.54, 1.807) is 11.6 Å². The lowest BCUT2D eigenvalue weighted by atomic mass is 9.96. The molecule has 1 N–H and O–H groups in total. The number of fused-ring (bicyclic) bond motifs is 1. The van der Waals surface area contributed by atoms with Crippen LogP contribution in [0.4, 0.5) is 13.2 Å². The first kappa shape index (κ1) is 25.4. The molecule has 0 radical (unpaired) electrons. The number of nitrogens with one attached hydrogen (secondary N) is 1. The molecule has 2 unspecified atom stereocenters. The minimum absolute atomic E-state index is 0.00773. The van der Waals surface area contributed by atoms with Gasteiger partial charge < -0.3 is 19.2 Å². The minimum Gasteiger partial charge on any atom is -0.490 e. The largest absolute Gasteiger partial charge is 0.490 e. The Bertz CT molecular complexity index is 1200. The molecule has 1 aromatic carbocycles. The van der Waals surface area contributed by atoms with Crippen LogP contribution < -0.4 is 10.3 Å². The van der Waals surface area contributed by atoms with Gasteiger partial charge in [-0.05, 0) is 55.5 Å². The Labute approximate surface area is 203 Å². The first-order chi connectivity index (χ1) is 16.7. The van der Waals surface area contributed by atoms with Gasteiger partial charge in [0.15, 0.2) is 6.17 Å². The van der Waals surface area contributed by atoms with E-state index in [2.05, 4.69) is 24.9 Å². The normalized spacial score (nSPS) is 17.3. The van der Waals surface area contributed by atoms with Crippen molar-refractivity contribution in [1.82, 2.24) is 14.5 Å². The standard InChI is InChI=1S/C27H34F3N3O2/c1-16(2)25-21-12-20(35-19-7-9-33(10-8-19)15-23(30)22(29)13-28)5-6-24(21)31-26(25)18-11-17(3)27(34)32(4)14-18/h5-6,11-12,14,16,19,22-23,31H,7-10,13,15H2,1-4H3. The number of aromatic nitrogens is 2. The van der Waals surface area contributed by atoms with Crippen molar-refractivity contribution in [3.63, 3.8) is 0 Å². The molecule has 1 aliphatic rings. The summed E-state index contributed by atoms with van der Waals surface area (Å²) in [4.78, 5) is 17.5. The number of likely N-dealkylation sites (tertiary alicyclic amines) is 1. The van der Waals surface area contributed by atoms with Crippen LogP contribution in [0.5, 0.6) is 5.75 Å². The van der Waals surface area contributed by atoms with Gasteiger partial charge in [0.1, 0.15) is 24.7 Å². The van der Waals surface area contributed by atoms with Crippen LogP contribution in [0, 0.1) is 6.92 Å². The van der Waals surface area contributed by atoms with Crippen molar-refractivity contribution in [2.75, 3.05) is 26.3 Å². The van der Waals surface area contributed by atoms with E-state index in [9.17, 15) is 18.0 Å². The first-order valence-electron chi connectivity index (χ1n) is 12.2. The third-order valence-electron chi connectivity index (χ3n) is 6.85. The van der Waals surface area contributed by atoms with Crippen molar-refractivity contribution in [2.24, 2.45) is 7.05 Å². The van der Waals surface area contributed by atoms with Gasteiger partial charge in [-0.2, -0.15) is 0 Å². The zero-order valence-corrected chi connectivity index (χ0v) is 20.8. The van der Waals surface area contributed by atoms with E-state index in [0.717, 1.165) is 27.9 Å². The molecule has 0 spiro atoms. The monoisotopic (exact) mass is 489 g/mol. The summed E-state index contributed by atoms with van der Waals surface area (Å²) in [6.45, 7) is 5.92. The Morgan fingerprint density at radius 2 is 1.86 bits per heavy atom. The molecule has 2 aromatic heterocycles. The van der Waals surface area contributed by atoms with Gasteiger partial charge in [0.05, 0.1) is 5.69 Å². The quantitative estimate of drug-likeness (QED) is 0.458. The maximum absolute atomic E-state index is 13.8. The lowest BCUT2D eigenvalue weighted by molar-refractivity contribution is 0.0575. The highest BCUT2D eigenvalue weighted by Gasteiger charge is 2.27. The van der Waals surface area contributed by atoms with Crippen LogP contribution in [0.1, 0.15) is 43.7 Å². The zero-order chi connectivity index (χ0) is 25.3. The van der Waals surface area contributed by atoms with Crippen LogP contribution in [0.15, 0.2) is 35.3 Å². The lowest BCUT2D eigenvalue weighted by Crippen LogP contribution is -2.43. The van der Waals surface area contributed by atoms with E-state index >= 15 is 0 Å².